The molecule has 6 N–H and O–H groups in total. The number of ether oxygens (including phenoxy) is 1. The van der Waals surface area contributed by atoms with E-state index in [1.165, 1.54) is 0 Å². The molecule has 0 spiro atoms. The van der Waals surface area contributed by atoms with Crippen LogP contribution in [0.2, 0.25) is 0 Å². The number of hydrogen-bond acceptors (Lipinski definition) is 11. The number of anilines is 2. The van der Waals surface area contributed by atoms with Gasteiger partial charge in [0.2, 0.25) is 5.95 Å². The summed E-state index contributed by atoms with van der Waals surface area (Å²) in [5, 5.41) is 34.8. The highest BCUT2D eigenvalue weighted by Gasteiger charge is 2.44. The number of carbonyl (C=O) groups is 2. The molecule has 6 aromatic rings. The third-order valence-electron chi connectivity index (χ3n) is 10.8. The molecule has 1 aliphatic carbocycles. The fourth-order valence-electron chi connectivity index (χ4n) is 7.72. The van der Waals surface area contributed by atoms with E-state index in [4.69, 9.17) is 19.7 Å². The van der Waals surface area contributed by atoms with Crippen LogP contribution in [0.1, 0.15) is 47.2 Å². The van der Waals surface area contributed by atoms with Crippen molar-refractivity contribution >= 4 is 35.1 Å². The first kappa shape index (κ1) is 38.3. The number of urea groups is 1. The number of nitrogens with zero attached hydrogens (tertiary/aromatic N) is 6. The fourth-order valence-corrected chi connectivity index (χ4v) is 7.72. The number of fused-ring (bicyclic) bond motifs is 1. The smallest absolute Gasteiger partial charge is 0.407 e. The Balaban J connectivity index is 1.04. The summed E-state index contributed by atoms with van der Waals surface area (Å²) in [6, 6.07) is 33.5. The third-order valence-corrected chi connectivity index (χ3v) is 10.8. The second-order valence-electron chi connectivity index (χ2n) is 14.6. The van der Waals surface area contributed by atoms with E-state index in [9.17, 15) is 19.8 Å². The summed E-state index contributed by atoms with van der Waals surface area (Å²) in [5.41, 5.74) is 4.81. The van der Waals surface area contributed by atoms with Gasteiger partial charge in [-0.25, -0.2) is 14.6 Å². The molecule has 4 heterocycles. The molecule has 0 radical (unpaired) electrons. The Labute approximate surface area is 335 Å². The Morgan fingerprint density at radius 3 is 2.24 bits per heavy atom. The van der Waals surface area contributed by atoms with Gasteiger partial charge in [-0.15, -0.1) is 0 Å². The van der Waals surface area contributed by atoms with E-state index in [1.54, 1.807) is 17.1 Å². The predicted molar refractivity (Wildman–Crippen MR) is 218 cm³/mol. The number of imidazole rings is 1. The minimum atomic E-state index is -1.27. The quantitative estimate of drug-likeness (QED) is 0.0967. The maximum atomic E-state index is 12.8. The molecule has 298 valence electrons. The van der Waals surface area contributed by atoms with E-state index < -0.39 is 30.4 Å². The highest BCUT2D eigenvalue weighted by atomic mass is 16.5. The molecule has 2 fully saturated rings. The van der Waals surface area contributed by atoms with E-state index in [1.807, 2.05) is 89.8 Å². The number of nitrogens with one attached hydrogen (secondary N) is 4. The van der Waals surface area contributed by atoms with Crippen LogP contribution in [0.25, 0.3) is 11.2 Å². The fraction of sp³-hybridized carbons (Fsp3) is 0.302. The van der Waals surface area contributed by atoms with E-state index in [0.717, 1.165) is 22.4 Å². The average molecular weight is 783 g/mol. The van der Waals surface area contributed by atoms with Crippen molar-refractivity contribution in [3.8, 4) is 0 Å². The first-order valence-electron chi connectivity index (χ1n) is 19.5. The van der Waals surface area contributed by atoms with Crippen molar-refractivity contribution in [2.75, 3.05) is 29.9 Å². The molecule has 1 saturated heterocycles. The van der Waals surface area contributed by atoms with Crippen molar-refractivity contribution in [3.63, 3.8) is 0 Å². The molecule has 1 saturated carbocycles. The summed E-state index contributed by atoms with van der Waals surface area (Å²) in [5.74, 6) is 0.925. The van der Waals surface area contributed by atoms with Gasteiger partial charge in [-0.05, 0) is 41.7 Å². The summed E-state index contributed by atoms with van der Waals surface area (Å²) in [6.45, 7) is 1.93. The molecule has 15 heteroatoms. The Bertz CT molecular complexity index is 2240. The molecule has 3 aromatic carbocycles. The second-order valence-corrected chi connectivity index (χ2v) is 14.6. The van der Waals surface area contributed by atoms with Gasteiger partial charge in [0.25, 0.3) is 0 Å². The van der Waals surface area contributed by atoms with Gasteiger partial charge < -0.3 is 45.7 Å². The van der Waals surface area contributed by atoms with Gasteiger partial charge in [-0.2, -0.15) is 9.97 Å². The van der Waals surface area contributed by atoms with Gasteiger partial charge in [0.1, 0.15) is 18.8 Å². The molecular formula is C43H46N10O5. The van der Waals surface area contributed by atoms with Gasteiger partial charge in [-0.1, -0.05) is 97.1 Å². The molecule has 5 unspecified atom stereocenters. The van der Waals surface area contributed by atoms with Crippen LogP contribution in [0.3, 0.4) is 0 Å². The second kappa shape index (κ2) is 17.7. The molecule has 5 atom stereocenters. The summed E-state index contributed by atoms with van der Waals surface area (Å²) >= 11 is 0. The van der Waals surface area contributed by atoms with Gasteiger partial charge in [-0.3, -0.25) is 4.98 Å². The van der Waals surface area contributed by atoms with Crippen LogP contribution < -0.4 is 26.2 Å². The lowest BCUT2D eigenvalue weighted by atomic mass is 9.91. The maximum absolute atomic E-state index is 12.8. The lowest BCUT2D eigenvalue weighted by molar-refractivity contribution is 0.0136. The molecule has 3 amide bonds. The summed E-state index contributed by atoms with van der Waals surface area (Å²) in [7, 11) is 0. The minimum absolute atomic E-state index is 0.0109. The minimum Gasteiger partial charge on any atom is -0.445 e. The van der Waals surface area contributed by atoms with E-state index in [-0.39, 0.29) is 31.0 Å². The zero-order valence-electron chi connectivity index (χ0n) is 31.8. The first-order chi connectivity index (χ1) is 28.4. The Kier molecular flexibility index (Phi) is 11.7. The number of aromatic nitrogens is 5. The first-order valence-corrected chi connectivity index (χ1v) is 19.5. The number of amides is 3. The van der Waals surface area contributed by atoms with Crippen LogP contribution >= 0.6 is 0 Å². The Morgan fingerprint density at radius 2 is 1.53 bits per heavy atom. The number of aliphatic hydroxyl groups is 2. The van der Waals surface area contributed by atoms with Crippen molar-refractivity contribution in [3.05, 3.63) is 144 Å². The lowest BCUT2D eigenvalue weighted by Gasteiger charge is -2.22. The van der Waals surface area contributed by atoms with Crippen LogP contribution in [0, 0.1) is 0 Å². The number of aliphatic hydroxyl groups excluding tert-OH is 2. The molecule has 3 aromatic heterocycles. The van der Waals surface area contributed by atoms with Gasteiger partial charge in [0, 0.05) is 37.8 Å². The maximum Gasteiger partial charge on any atom is 0.407 e. The standard InChI is InChI=1S/C43H46N10O5/c54-37-34(49-43(57)58-26-28-12-4-1-5-13-28)22-35(38(37)55)53-27-47-36-39(45-24-33(29-14-6-2-7-15-29)30-16-8-3-9-17-30)50-41(51-40(36)53)52-21-19-32(25-52)48-42(56)46-23-31-18-10-11-20-44-31/h1-18,20,27,32-35,37-38,54-55H,19,21-26H2,(H,49,57)(H,45,50,51)(H2,46,48,56). The lowest BCUT2D eigenvalue weighted by Crippen LogP contribution is -2.43. The van der Waals surface area contributed by atoms with E-state index in [2.05, 4.69) is 50.5 Å². The molecule has 2 aliphatic rings. The largest absolute Gasteiger partial charge is 0.445 e. The van der Waals surface area contributed by atoms with Crippen molar-refractivity contribution in [2.45, 2.75) is 62.2 Å². The Morgan fingerprint density at radius 1 is 0.828 bits per heavy atom. The van der Waals surface area contributed by atoms with Crippen LogP contribution in [0.15, 0.2) is 122 Å². The SMILES string of the molecule is O=C(NCc1ccccn1)NC1CCN(c2nc(NCC(c3ccccc3)c3ccccc3)c3ncn(C4CC(NC(=O)OCc5ccccc5)C(O)C4O)c3n2)C1. The molecular weight excluding hydrogens is 737 g/mol. The summed E-state index contributed by atoms with van der Waals surface area (Å²) < 4.78 is 7.15. The van der Waals surface area contributed by atoms with Gasteiger partial charge in [0.05, 0.1) is 30.6 Å². The molecule has 58 heavy (non-hydrogen) atoms. The topological polar surface area (TPSA) is 192 Å². The van der Waals surface area contributed by atoms with Crippen LogP contribution in [0.4, 0.5) is 21.4 Å². The van der Waals surface area contributed by atoms with Crippen molar-refractivity contribution in [2.24, 2.45) is 0 Å². The predicted octanol–water partition coefficient (Wildman–Crippen LogP) is 4.51. The average Bonchev–Trinajstić information content (AvgIpc) is 3.98. The highest BCUT2D eigenvalue weighted by Crippen LogP contribution is 2.35. The van der Waals surface area contributed by atoms with Crippen LogP contribution in [-0.2, 0) is 17.9 Å². The Hall–Kier alpha value is -6.58. The number of carbonyl (C=O) groups excluding carboxylic acids is 2. The van der Waals surface area contributed by atoms with Crippen molar-refractivity contribution in [1.29, 1.82) is 0 Å². The van der Waals surface area contributed by atoms with E-state index in [0.29, 0.717) is 55.5 Å². The monoisotopic (exact) mass is 782 g/mol. The zero-order chi connectivity index (χ0) is 39.8. The molecule has 8 rings (SSSR count). The normalized spacial score (nSPS) is 20.3. The molecule has 15 nitrogen and oxygen atoms in total. The molecule has 1 aliphatic heterocycles. The van der Waals surface area contributed by atoms with Gasteiger partial charge in [0.15, 0.2) is 17.0 Å². The number of pyridine rings is 1. The number of rotatable bonds is 13. The van der Waals surface area contributed by atoms with Crippen LogP contribution in [0.5, 0.6) is 0 Å². The van der Waals surface area contributed by atoms with Crippen LogP contribution in [-0.4, -0.2) is 90.8 Å². The van der Waals surface area contributed by atoms with Crippen molar-refractivity contribution in [1.82, 2.24) is 40.5 Å². The van der Waals surface area contributed by atoms with E-state index >= 15 is 0 Å². The number of hydrogen-bond donors (Lipinski definition) is 6. The highest BCUT2D eigenvalue weighted by molar-refractivity contribution is 5.85. The third kappa shape index (κ3) is 8.85. The van der Waals surface area contributed by atoms with Gasteiger partial charge >= 0.3 is 12.1 Å². The summed E-state index contributed by atoms with van der Waals surface area (Å²) in [6.07, 6.45) is 0.955. The zero-order valence-corrected chi connectivity index (χ0v) is 31.8. The number of benzene rings is 3. The van der Waals surface area contributed by atoms with Crippen molar-refractivity contribution < 1.29 is 24.5 Å². The summed E-state index contributed by atoms with van der Waals surface area (Å²) in [4.78, 5) is 46.7. The molecule has 0 bridgehead atoms. The number of alkyl carbamates (subject to hydrolysis) is 1.